The number of esters is 2. The number of carbonyl (C=O) groups is 2. The summed E-state index contributed by atoms with van der Waals surface area (Å²) in [5.41, 5.74) is 1.13. The van der Waals surface area contributed by atoms with Crippen LogP contribution in [0, 0.1) is 0 Å². The standard InChI is InChI=1S/C27H34O5/c1-3-4-5-6-7-10-19-30-22-16-14-21(15-17-22)26(28)32-25-12-9-8-11-23(25)24-18-13-20(2)31-27(24)29/h8-9,11-12,14-17,20,24H,3-7,10,13,18-19H2,1-2H3/t20-,24-/m0/s1. The monoisotopic (exact) mass is 438 g/mol. The van der Waals surface area contributed by atoms with Crippen molar-refractivity contribution in [3.05, 3.63) is 59.7 Å². The molecule has 3 rings (SSSR count). The normalized spacial score (nSPS) is 18.1. The van der Waals surface area contributed by atoms with E-state index in [-0.39, 0.29) is 12.1 Å². The lowest BCUT2D eigenvalue weighted by molar-refractivity contribution is -0.155. The quantitative estimate of drug-likeness (QED) is 0.229. The summed E-state index contributed by atoms with van der Waals surface area (Å²) in [4.78, 5) is 25.0. The average molecular weight is 439 g/mol. The van der Waals surface area contributed by atoms with Crippen LogP contribution < -0.4 is 9.47 Å². The van der Waals surface area contributed by atoms with Gasteiger partial charge in [0.25, 0.3) is 0 Å². The van der Waals surface area contributed by atoms with Crippen LogP contribution in [-0.2, 0) is 9.53 Å². The smallest absolute Gasteiger partial charge is 0.343 e. The molecule has 0 radical (unpaired) electrons. The highest BCUT2D eigenvalue weighted by molar-refractivity contribution is 5.91. The minimum atomic E-state index is -0.461. The Morgan fingerprint density at radius 1 is 0.969 bits per heavy atom. The third-order valence-electron chi connectivity index (χ3n) is 5.82. The van der Waals surface area contributed by atoms with E-state index in [0.717, 1.165) is 18.6 Å². The van der Waals surface area contributed by atoms with Gasteiger partial charge in [0.15, 0.2) is 0 Å². The maximum Gasteiger partial charge on any atom is 0.343 e. The number of benzene rings is 2. The van der Waals surface area contributed by atoms with Crippen molar-refractivity contribution in [1.29, 1.82) is 0 Å². The second-order valence-electron chi connectivity index (χ2n) is 8.45. The molecule has 0 aromatic heterocycles. The highest BCUT2D eigenvalue weighted by atomic mass is 16.5. The number of para-hydroxylation sites is 1. The zero-order chi connectivity index (χ0) is 22.8. The average Bonchev–Trinajstić information content (AvgIpc) is 2.79. The Balaban J connectivity index is 1.54. The van der Waals surface area contributed by atoms with E-state index < -0.39 is 11.9 Å². The van der Waals surface area contributed by atoms with Gasteiger partial charge in [0.05, 0.1) is 24.2 Å². The number of unbranched alkanes of at least 4 members (excludes halogenated alkanes) is 5. The molecule has 0 amide bonds. The predicted molar refractivity (Wildman–Crippen MR) is 124 cm³/mol. The van der Waals surface area contributed by atoms with Gasteiger partial charge in [-0.15, -0.1) is 0 Å². The van der Waals surface area contributed by atoms with Gasteiger partial charge in [-0.1, -0.05) is 57.2 Å². The molecule has 0 spiro atoms. The lowest BCUT2D eigenvalue weighted by atomic mass is 9.90. The molecule has 0 N–H and O–H groups in total. The third kappa shape index (κ3) is 6.84. The minimum absolute atomic E-state index is 0.0738. The van der Waals surface area contributed by atoms with Crippen molar-refractivity contribution in [3.8, 4) is 11.5 Å². The first-order valence-electron chi connectivity index (χ1n) is 11.8. The number of hydrogen-bond acceptors (Lipinski definition) is 5. The lowest BCUT2D eigenvalue weighted by Crippen LogP contribution is -2.28. The van der Waals surface area contributed by atoms with Crippen LogP contribution in [-0.4, -0.2) is 24.6 Å². The van der Waals surface area contributed by atoms with Gasteiger partial charge in [0, 0.05) is 5.56 Å². The molecule has 0 unspecified atom stereocenters. The maximum absolute atomic E-state index is 12.7. The first-order valence-corrected chi connectivity index (χ1v) is 11.8. The number of carbonyl (C=O) groups excluding carboxylic acids is 2. The molecule has 2 aromatic rings. The molecule has 32 heavy (non-hydrogen) atoms. The SMILES string of the molecule is CCCCCCCCOc1ccc(C(=O)Oc2ccccc2[C@@H]2CC[C@H](C)OC2=O)cc1. The summed E-state index contributed by atoms with van der Waals surface area (Å²) >= 11 is 0. The molecule has 0 saturated carbocycles. The Hall–Kier alpha value is -2.82. The summed E-state index contributed by atoms with van der Waals surface area (Å²) < 4.78 is 16.8. The van der Waals surface area contributed by atoms with Crippen LogP contribution in [0.25, 0.3) is 0 Å². The Morgan fingerprint density at radius 2 is 1.69 bits per heavy atom. The van der Waals surface area contributed by atoms with E-state index in [0.29, 0.717) is 29.9 Å². The first-order chi connectivity index (χ1) is 15.6. The summed E-state index contributed by atoms with van der Waals surface area (Å²) in [5, 5.41) is 0. The van der Waals surface area contributed by atoms with Gasteiger partial charge in [-0.05, 0) is 56.5 Å². The minimum Gasteiger partial charge on any atom is -0.494 e. The van der Waals surface area contributed by atoms with Crippen molar-refractivity contribution < 1.29 is 23.8 Å². The Bertz CT molecular complexity index is 874. The Labute approximate surface area is 191 Å². The molecule has 1 saturated heterocycles. The van der Waals surface area contributed by atoms with Crippen LogP contribution >= 0.6 is 0 Å². The van der Waals surface area contributed by atoms with Gasteiger partial charge < -0.3 is 14.2 Å². The zero-order valence-corrected chi connectivity index (χ0v) is 19.2. The Kier molecular flexibility index (Phi) is 9.14. The number of rotatable bonds is 11. The van der Waals surface area contributed by atoms with Gasteiger partial charge >= 0.3 is 11.9 Å². The van der Waals surface area contributed by atoms with Crippen LogP contribution in [0.2, 0.25) is 0 Å². The first kappa shape index (κ1) is 23.8. The van der Waals surface area contributed by atoms with E-state index in [1.165, 1.54) is 32.1 Å². The molecule has 1 aliphatic heterocycles. The van der Waals surface area contributed by atoms with Crippen molar-refractivity contribution in [3.63, 3.8) is 0 Å². The van der Waals surface area contributed by atoms with E-state index in [1.54, 1.807) is 36.4 Å². The zero-order valence-electron chi connectivity index (χ0n) is 19.2. The van der Waals surface area contributed by atoms with E-state index in [9.17, 15) is 9.59 Å². The van der Waals surface area contributed by atoms with Crippen molar-refractivity contribution in [2.24, 2.45) is 0 Å². The summed E-state index contributed by atoms with van der Waals surface area (Å²) in [6, 6.07) is 14.2. The lowest BCUT2D eigenvalue weighted by Gasteiger charge is -2.27. The summed E-state index contributed by atoms with van der Waals surface area (Å²) in [6.45, 7) is 4.79. The van der Waals surface area contributed by atoms with E-state index in [4.69, 9.17) is 14.2 Å². The third-order valence-corrected chi connectivity index (χ3v) is 5.82. The predicted octanol–water partition coefficient (Wildman–Crippen LogP) is 6.45. The largest absolute Gasteiger partial charge is 0.494 e. The van der Waals surface area contributed by atoms with Crippen LogP contribution in [0.5, 0.6) is 11.5 Å². The molecule has 1 fully saturated rings. The molecule has 172 valence electrons. The molecule has 1 aliphatic rings. The van der Waals surface area contributed by atoms with Gasteiger partial charge in [-0.3, -0.25) is 4.79 Å². The molecule has 1 heterocycles. The van der Waals surface area contributed by atoms with E-state index in [2.05, 4.69) is 6.92 Å². The molecule has 0 aliphatic carbocycles. The van der Waals surface area contributed by atoms with Gasteiger partial charge in [0.2, 0.25) is 0 Å². The second kappa shape index (κ2) is 12.3. The number of cyclic esters (lactones) is 1. The maximum atomic E-state index is 12.7. The summed E-state index contributed by atoms with van der Waals surface area (Å²) in [5.74, 6) is 0.0107. The van der Waals surface area contributed by atoms with Crippen molar-refractivity contribution in [1.82, 2.24) is 0 Å². The molecular weight excluding hydrogens is 404 g/mol. The fraction of sp³-hybridized carbons (Fsp3) is 0.481. The fourth-order valence-corrected chi connectivity index (χ4v) is 3.92. The molecular formula is C27H34O5. The van der Waals surface area contributed by atoms with E-state index in [1.807, 2.05) is 19.1 Å². The van der Waals surface area contributed by atoms with Crippen molar-refractivity contribution in [2.75, 3.05) is 6.61 Å². The van der Waals surface area contributed by atoms with E-state index >= 15 is 0 Å². The molecule has 0 bridgehead atoms. The topological polar surface area (TPSA) is 61.8 Å². The number of hydrogen-bond donors (Lipinski definition) is 0. The fourth-order valence-electron chi connectivity index (χ4n) is 3.92. The van der Waals surface area contributed by atoms with Gasteiger partial charge in [-0.25, -0.2) is 4.79 Å². The Morgan fingerprint density at radius 3 is 2.44 bits per heavy atom. The summed E-state index contributed by atoms with van der Waals surface area (Å²) in [7, 11) is 0. The van der Waals surface area contributed by atoms with Crippen LogP contribution in [0.4, 0.5) is 0 Å². The van der Waals surface area contributed by atoms with Crippen LogP contribution in [0.3, 0.4) is 0 Å². The summed E-state index contributed by atoms with van der Waals surface area (Å²) in [6.07, 6.45) is 8.70. The second-order valence-corrected chi connectivity index (χ2v) is 8.45. The molecule has 5 heteroatoms. The van der Waals surface area contributed by atoms with Crippen molar-refractivity contribution >= 4 is 11.9 Å². The number of ether oxygens (including phenoxy) is 3. The molecule has 2 atom stereocenters. The van der Waals surface area contributed by atoms with Crippen LogP contribution in [0.15, 0.2) is 48.5 Å². The molecule has 2 aromatic carbocycles. The highest BCUT2D eigenvalue weighted by Gasteiger charge is 2.31. The van der Waals surface area contributed by atoms with Crippen LogP contribution in [0.1, 0.15) is 87.1 Å². The highest BCUT2D eigenvalue weighted by Crippen LogP contribution is 2.35. The van der Waals surface area contributed by atoms with Gasteiger partial charge in [-0.2, -0.15) is 0 Å². The molecule has 5 nitrogen and oxygen atoms in total. The van der Waals surface area contributed by atoms with Gasteiger partial charge in [0.1, 0.15) is 11.5 Å². The van der Waals surface area contributed by atoms with Crippen molar-refractivity contribution in [2.45, 2.75) is 77.2 Å².